The van der Waals surface area contributed by atoms with Gasteiger partial charge in [-0.05, 0) is 26.0 Å². The molecule has 1 aliphatic rings. The van der Waals surface area contributed by atoms with Gasteiger partial charge in [0.2, 0.25) is 15.9 Å². The van der Waals surface area contributed by atoms with E-state index in [-0.39, 0.29) is 16.7 Å². The van der Waals surface area contributed by atoms with Crippen molar-refractivity contribution in [1.82, 2.24) is 19.3 Å². The van der Waals surface area contributed by atoms with Crippen LogP contribution in [0.2, 0.25) is 0 Å². The number of carbonyl (C=O) groups is 1. The fourth-order valence-corrected chi connectivity index (χ4v) is 4.50. The minimum Gasteiger partial charge on any atom is -0.338 e. The Morgan fingerprint density at radius 3 is 2.33 bits per heavy atom. The molecule has 1 aromatic heterocycles. The molecule has 0 bridgehead atoms. The Balaban J connectivity index is 1.66. The van der Waals surface area contributed by atoms with Gasteiger partial charge in [0.05, 0.1) is 10.9 Å². The lowest BCUT2D eigenvalue weighted by Crippen LogP contribution is -2.49. The molecule has 2 aromatic rings. The number of hydrogen-bond donors (Lipinski definition) is 0. The van der Waals surface area contributed by atoms with Crippen LogP contribution in [0.15, 0.2) is 33.7 Å². The highest BCUT2D eigenvalue weighted by Gasteiger charge is 2.31. The van der Waals surface area contributed by atoms with Crippen LogP contribution in [0.1, 0.15) is 48.9 Å². The smallest absolute Gasteiger partial charge is 0.243 e. The van der Waals surface area contributed by atoms with Gasteiger partial charge in [-0.3, -0.25) is 9.69 Å². The number of piperazine rings is 1. The number of sulfonamides is 1. The Kier molecular flexibility index (Phi) is 5.73. The number of rotatable bonds is 6. The van der Waals surface area contributed by atoms with Crippen molar-refractivity contribution in [1.29, 1.82) is 0 Å². The van der Waals surface area contributed by atoms with Crippen LogP contribution in [-0.4, -0.2) is 59.7 Å². The molecule has 1 aliphatic heterocycles. The van der Waals surface area contributed by atoms with E-state index in [0.717, 1.165) is 0 Å². The van der Waals surface area contributed by atoms with Crippen molar-refractivity contribution in [3.8, 4) is 0 Å². The highest BCUT2D eigenvalue weighted by atomic mass is 32.2. The number of ketones is 1. The number of aryl methyl sites for hydroxylation is 1. The highest BCUT2D eigenvalue weighted by molar-refractivity contribution is 7.89. The summed E-state index contributed by atoms with van der Waals surface area (Å²) in [7, 11) is -3.57. The fraction of sp³-hybridized carbons (Fsp3) is 0.500. The van der Waals surface area contributed by atoms with E-state index >= 15 is 0 Å². The first-order valence-electron chi connectivity index (χ1n) is 9.00. The summed E-state index contributed by atoms with van der Waals surface area (Å²) >= 11 is 0. The van der Waals surface area contributed by atoms with Gasteiger partial charge in [0.25, 0.3) is 0 Å². The predicted octanol–water partition coefficient (Wildman–Crippen LogP) is 1.90. The molecule has 1 aromatic carbocycles. The maximum absolute atomic E-state index is 12.8. The minimum atomic E-state index is -3.57. The fourth-order valence-electron chi connectivity index (χ4n) is 3.08. The summed E-state index contributed by atoms with van der Waals surface area (Å²) < 4.78 is 32.5. The number of Topliss-reactive ketones (excluding diaryl/α,β-unsaturated/α-hetero) is 1. The third-order valence-electron chi connectivity index (χ3n) is 4.88. The van der Waals surface area contributed by atoms with Crippen LogP contribution in [0.25, 0.3) is 0 Å². The molecule has 0 N–H and O–H groups in total. The summed E-state index contributed by atoms with van der Waals surface area (Å²) in [5, 5.41) is 3.92. The van der Waals surface area contributed by atoms with E-state index < -0.39 is 10.0 Å². The number of nitrogens with zero attached hydrogens (tertiary/aromatic N) is 4. The molecule has 1 atom stereocenters. The van der Waals surface area contributed by atoms with Gasteiger partial charge < -0.3 is 4.52 Å². The monoisotopic (exact) mass is 392 g/mol. The average molecular weight is 392 g/mol. The lowest BCUT2D eigenvalue weighted by molar-refractivity contribution is 0.101. The lowest BCUT2D eigenvalue weighted by atomic mass is 10.2. The van der Waals surface area contributed by atoms with Crippen LogP contribution in [0.5, 0.6) is 0 Å². The average Bonchev–Trinajstić information content (AvgIpc) is 3.17. The van der Waals surface area contributed by atoms with E-state index in [0.29, 0.717) is 49.9 Å². The zero-order valence-electron chi connectivity index (χ0n) is 15.8. The van der Waals surface area contributed by atoms with Gasteiger partial charge in [-0.15, -0.1) is 0 Å². The molecule has 8 nitrogen and oxygen atoms in total. The number of hydrogen-bond acceptors (Lipinski definition) is 7. The Hall–Kier alpha value is -2.10. The second kappa shape index (κ2) is 7.87. The molecule has 0 aliphatic carbocycles. The lowest BCUT2D eigenvalue weighted by Gasteiger charge is -2.36. The normalized spacial score (nSPS) is 17.7. The zero-order valence-corrected chi connectivity index (χ0v) is 16.6. The van der Waals surface area contributed by atoms with E-state index in [1.54, 1.807) is 12.1 Å². The Labute approximate surface area is 159 Å². The van der Waals surface area contributed by atoms with Crippen LogP contribution in [-0.2, 0) is 16.4 Å². The molecule has 1 saturated heterocycles. The topological polar surface area (TPSA) is 96.6 Å². The highest BCUT2D eigenvalue weighted by Crippen LogP contribution is 2.23. The van der Waals surface area contributed by atoms with Crippen molar-refractivity contribution < 1.29 is 17.7 Å². The molecule has 9 heteroatoms. The summed E-state index contributed by atoms with van der Waals surface area (Å²) in [6, 6.07) is 6.03. The van der Waals surface area contributed by atoms with E-state index in [4.69, 9.17) is 4.52 Å². The summed E-state index contributed by atoms with van der Waals surface area (Å²) in [6.07, 6.45) is 0.713. The van der Waals surface area contributed by atoms with Gasteiger partial charge >= 0.3 is 0 Å². The maximum atomic E-state index is 12.8. The van der Waals surface area contributed by atoms with Crippen molar-refractivity contribution in [2.75, 3.05) is 26.2 Å². The van der Waals surface area contributed by atoms with E-state index in [2.05, 4.69) is 15.0 Å². The van der Waals surface area contributed by atoms with Crippen molar-refractivity contribution >= 4 is 15.8 Å². The van der Waals surface area contributed by atoms with Gasteiger partial charge in [0, 0.05) is 38.2 Å². The molecular weight excluding hydrogens is 368 g/mol. The predicted molar refractivity (Wildman–Crippen MR) is 98.9 cm³/mol. The Bertz CT molecular complexity index is 900. The second-order valence-electron chi connectivity index (χ2n) is 6.60. The van der Waals surface area contributed by atoms with Crippen molar-refractivity contribution in [3.63, 3.8) is 0 Å². The molecular formula is C18H24N4O4S. The zero-order chi connectivity index (χ0) is 19.6. The van der Waals surface area contributed by atoms with Crippen molar-refractivity contribution in [2.24, 2.45) is 0 Å². The van der Waals surface area contributed by atoms with Gasteiger partial charge in [-0.25, -0.2) is 8.42 Å². The molecule has 146 valence electrons. The Morgan fingerprint density at radius 2 is 1.81 bits per heavy atom. The summed E-state index contributed by atoms with van der Waals surface area (Å²) in [5.74, 6) is 1.14. The molecule has 0 spiro atoms. The first-order chi connectivity index (χ1) is 12.8. The van der Waals surface area contributed by atoms with Crippen LogP contribution < -0.4 is 0 Å². The number of aromatic nitrogens is 2. The molecule has 1 unspecified atom stereocenters. The molecule has 1 fully saturated rings. The van der Waals surface area contributed by atoms with Gasteiger partial charge in [-0.2, -0.15) is 9.29 Å². The largest absolute Gasteiger partial charge is 0.338 e. The van der Waals surface area contributed by atoms with E-state index in [1.165, 1.54) is 23.4 Å². The van der Waals surface area contributed by atoms with E-state index in [9.17, 15) is 13.2 Å². The molecule has 0 radical (unpaired) electrons. The quantitative estimate of drug-likeness (QED) is 0.693. The van der Waals surface area contributed by atoms with Crippen molar-refractivity contribution in [3.05, 3.63) is 41.5 Å². The first kappa shape index (κ1) is 19.7. The van der Waals surface area contributed by atoms with E-state index in [1.807, 2.05) is 13.8 Å². The maximum Gasteiger partial charge on any atom is 0.243 e. The van der Waals surface area contributed by atoms with Crippen LogP contribution in [0.3, 0.4) is 0 Å². The molecule has 3 rings (SSSR count). The van der Waals surface area contributed by atoms with Crippen molar-refractivity contribution in [2.45, 2.75) is 38.1 Å². The first-order valence-corrected chi connectivity index (χ1v) is 10.4. The minimum absolute atomic E-state index is 0.0579. The third-order valence-corrected chi connectivity index (χ3v) is 6.79. The number of carbonyl (C=O) groups excluding carboxylic acids is 1. The SMILES string of the molecule is CCc1noc(C(C)N2CCN(S(=O)(=O)c3ccc(C(C)=O)cc3)CC2)n1. The molecule has 2 heterocycles. The van der Waals surface area contributed by atoms with Crippen LogP contribution in [0.4, 0.5) is 0 Å². The van der Waals surface area contributed by atoms with Gasteiger partial charge in [0.1, 0.15) is 0 Å². The summed E-state index contributed by atoms with van der Waals surface area (Å²) in [5.41, 5.74) is 0.499. The summed E-state index contributed by atoms with van der Waals surface area (Å²) in [6.45, 7) is 7.33. The number of benzene rings is 1. The molecule has 0 amide bonds. The standard InChI is InChI=1S/C18H24N4O4S/c1-4-17-19-18(26-20-17)13(2)21-9-11-22(12-10-21)27(24,25)16-7-5-15(6-8-16)14(3)23/h5-8,13H,4,9-12H2,1-3H3. The molecule has 27 heavy (non-hydrogen) atoms. The van der Waals surface area contributed by atoms with Gasteiger partial charge in [-0.1, -0.05) is 24.2 Å². The van der Waals surface area contributed by atoms with Crippen LogP contribution >= 0.6 is 0 Å². The van der Waals surface area contributed by atoms with Crippen LogP contribution in [0, 0.1) is 0 Å². The molecule has 0 saturated carbocycles. The summed E-state index contributed by atoms with van der Waals surface area (Å²) in [4.78, 5) is 18.1. The van der Waals surface area contributed by atoms with Gasteiger partial charge in [0.15, 0.2) is 11.6 Å². The third kappa shape index (κ3) is 4.10. The second-order valence-corrected chi connectivity index (χ2v) is 8.54. The Morgan fingerprint density at radius 1 is 1.19 bits per heavy atom.